The number of anilines is 2. The van der Waals surface area contributed by atoms with Gasteiger partial charge in [-0.25, -0.2) is 15.8 Å². The van der Waals surface area contributed by atoms with Gasteiger partial charge in [-0.15, -0.1) is 0 Å². The van der Waals surface area contributed by atoms with E-state index in [1.807, 2.05) is 6.07 Å². The van der Waals surface area contributed by atoms with E-state index in [0.717, 1.165) is 37.3 Å². The molecule has 1 heterocycles. The summed E-state index contributed by atoms with van der Waals surface area (Å²) >= 11 is 0. The predicted octanol–water partition coefficient (Wildman–Crippen LogP) is 2.71. The fourth-order valence-corrected chi connectivity index (χ4v) is 1.71. The van der Waals surface area contributed by atoms with Crippen molar-refractivity contribution in [3.05, 3.63) is 11.9 Å². The third-order valence-corrected chi connectivity index (χ3v) is 3.38. The van der Waals surface area contributed by atoms with Gasteiger partial charge in [-0.2, -0.15) is 0 Å². The summed E-state index contributed by atoms with van der Waals surface area (Å²) in [5.41, 5.74) is 2.66. The molecule has 1 aromatic heterocycles. The molecular formula is C13H25N5. The summed E-state index contributed by atoms with van der Waals surface area (Å²) < 4.78 is 0. The van der Waals surface area contributed by atoms with E-state index in [0.29, 0.717) is 5.82 Å². The van der Waals surface area contributed by atoms with Gasteiger partial charge in [0.2, 0.25) is 0 Å². The van der Waals surface area contributed by atoms with E-state index in [9.17, 15) is 0 Å². The van der Waals surface area contributed by atoms with Gasteiger partial charge >= 0.3 is 0 Å². The smallest absolute Gasteiger partial charge is 0.145 e. The standard InChI is InChI=1S/C13H25N5/c1-5-8-10-15-11(9-12(16-10)18-14)17-13(4,6-2)7-3/h9H,5-8,14H2,1-4H3,(H2,15,16,17,18). The van der Waals surface area contributed by atoms with Crippen LogP contribution in [0.2, 0.25) is 0 Å². The first-order chi connectivity index (χ1) is 8.56. The zero-order chi connectivity index (χ0) is 13.6. The largest absolute Gasteiger partial charge is 0.365 e. The van der Waals surface area contributed by atoms with Gasteiger partial charge in [0.25, 0.3) is 0 Å². The third kappa shape index (κ3) is 3.84. The Morgan fingerprint density at radius 3 is 2.28 bits per heavy atom. The Morgan fingerprint density at radius 2 is 1.78 bits per heavy atom. The number of aromatic nitrogens is 2. The zero-order valence-electron chi connectivity index (χ0n) is 11.9. The van der Waals surface area contributed by atoms with Crippen LogP contribution in [0.25, 0.3) is 0 Å². The second-order valence-corrected chi connectivity index (χ2v) is 4.84. The maximum atomic E-state index is 5.44. The summed E-state index contributed by atoms with van der Waals surface area (Å²) in [7, 11) is 0. The van der Waals surface area contributed by atoms with Crippen molar-refractivity contribution in [1.82, 2.24) is 9.97 Å². The molecule has 0 spiro atoms. The first-order valence-corrected chi connectivity index (χ1v) is 6.69. The molecule has 0 fully saturated rings. The van der Waals surface area contributed by atoms with Crippen LogP contribution in [0.1, 0.15) is 52.8 Å². The van der Waals surface area contributed by atoms with Gasteiger partial charge in [0.05, 0.1) is 0 Å². The van der Waals surface area contributed by atoms with Crippen LogP contribution in [0.15, 0.2) is 6.07 Å². The van der Waals surface area contributed by atoms with Crippen LogP contribution >= 0.6 is 0 Å². The number of hydrogen-bond donors (Lipinski definition) is 3. The van der Waals surface area contributed by atoms with Crippen molar-refractivity contribution in [1.29, 1.82) is 0 Å². The predicted molar refractivity (Wildman–Crippen MR) is 76.4 cm³/mol. The van der Waals surface area contributed by atoms with Crippen LogP contribution in [0.3, 0.4) is 0 Å². The Morgan fingerprint density at radius 1 is 1.17 bits per heavy atom. The van der Waals surface area contributed by atoms with Crippen molar-refractivity contribution in [2.24, 2.45) is 5.84 Å². The summed E-state index contributed by atoms with van der Waals surface area (Å²) in [4.78, 5) is 8.87. The second-order valence-electron chi connectivity index (χ2n) is 4.84. The van der Waals surface area contributed by atoms with Gasteiger partial charge in [0, 0.05) is 18.0 Å². The lowest BCUT2D eigenvalue weighted by molar-refractivity contribution is 0.476. The molecule has 0 saturated carbocycles. The highest BCUT2D eigenvalue weighted by molar-refractivity contribution is 5.48. The normalized spacial score (nSPS) is 11.4. The van der Waals surface area contributed by atoms with Gasteiger partial charge < -0.3 is 10.7 Å². The van der Waals surface area contributed by atoms with Crippen LogP contribution < -0.4 is 16.6 Å². The van der Waals surface area contributed by atoms with Crippen LogP contribution in [-0.2, 0) is 6.42 Å². The molecule has 0 unspecified atom stereocenters. The lowest BCUT2D eigenvalue weighted by Crippen LogP contribution is -2.33. The fraction of sp³-hybridized carbons (Fsp3) is 0.692. The monoisotopic (exact) mass is 251 g/mol. The average molecular weight is 251 g/mol. The maximum absolute atomic E-state index is 5.44. The Labute approximate surface area is 110 Å². The molecule has 0 aliphatic heterocycles. The minimum Gasteiger partial charge on any atom is -0.365 e. The number of aryl methyl sites for hydroxylation is 1. The van der Waals surface area contributed by atoms with E-state index < -0.39 is 0 Å². The number of hydrogen-bond acceptors (Lipinski definition) is 5. The third-order valence-electron chi connectivity index (χ3n) is 3.38. The van der Waals surface area contributed by atoms with Crippen molar-refractivity contribution >= 4 is 11.6 Å². The molecule has 102 valence electrons. The molecule has 5 nitrogen and oxygen atoms in total. The maximum Gasteiger partial charge on any atom is 0.145 e. The lowest BCUT2D eigenvalue weighted by Gasteiger charge is -2.29. The van der Waals surface area contributed by atoms with Crippen molar-refractivity contribution < 1.29 is 0 Å². The first-order valence-electron chi connectivity index (χ1n) is 6.69. The first kappa shape index (κ1) is 14.7. The van der Waals surface area contributed by atoms with Crippen LogP contribution in [0, 0.1) is 0 Å². The molecule has 0 aliphatic carbocycles. The lowest BCUT2D eigenvalue weighted by atomic mass is 9.96. The SMILES string of the molecule is CCCc1nc(NN)cc(NC(C)(CC)CC)n1. The molecule has 4 N–H and O–H groups in total. The second kappa shape index (κ2) is 6.54. The number of nitrogens with two attached hydrogens (primary N) is 1. The van der Waals surface area contributed by atoms with Crippen molar-refractivity contribution in [3.63, 3.8) is 0 Å². The number of nitrogens with one attached hydrogen (secondary N) is 2. The minimum absolute atomic E-state index is 0.0592. The van der Waals surface area contributed by atoms with Gasteiger partial charge in [-0.05, 0) is 26.2 Å². The number of nitrogen functional groups attached to an aromatic ring is 1. The fourth-order valence-electron chi connectivity index (χ4n) is 1.71. The van der Waals surface area contributed by atoms with E-state index >= 15 is 0 Å². The number of nitrogens with zero attached hydrogens (tertiary/aromatic N) is 2. The highest BCUT2D eigenvalue weighted by atomic mass is 15.3. The highest BCUT2D eigenvalue weighted by Gasteiger charge is 2.20. The van der Waals surface area contributed by atoms with Crippen LogP contribution in [0.4, 0.5) is 11.6 Å². The molecule has 18 heavy (non-hydrogen) atoms. The molecule has 1 rings (SSSR count). The minimum atomic E-state index is 0.0592. The summed E-state index contributed by atoms with van der Waals surface area (Å²) in [6, 6.07) is 1.85. The van der Waals surface area contributed by atoms with Gasteiger partial charge in [-0.1, -0.05) is 20.8 Å². The molecule has 1 aromatic rings. The summed E-state index contributed by atoms with van der Waals surface area (Å²) in [6.45, 7) is 8.66. The van der Waals surface area contributed by atoms with Gasteiger partial charge in [0.15, 0.2) is 0 Å². The molecular weight excluding hydrogens is 226 g/mol. The Bertz CT molecular complexity index is 374. The molecule has 5 heteroatoms. The van der Waals surface area contributed by atoms with Gasteiger partial charge in [-0.3, -0.25) is 0 Å². The van der Waals surface area contributed by atoms with Crippen molar-refractivity contribution in [2.45, 2.75) is 58.9 Å². The van der Waals surface area contributed by atoms with E-state index in [2.05, 4.69) is 48.4 Å². The number of hydrazine groups is 1. The van der Waals surface area contributed by atoms with Crippen molar-refractivity contribution in [2.75, 3.05) is 10.7 Å². The van der Waals surface area contributed by atoms with Crippen LogP contribution in [0.5, 0.6) is 0 Å². The summed E-state index contributed by atoms with van der Waals surface area (Å²) in [5.74, 6) is 7.77. The number of rotatable bonds is 7. The van der Waals surface area contributed by atoms with Gasteiger partial charge in [0.1, 0.15) is 17.5 Å². The molecule has 0 bridgehead atoms. The molecule has 0 aliphatic rings. The van der Waals surface area contributed by atoms with E-state index in [4.69, 9.17) is 5.84 Å². The average Bonchev–Trinajstić information content (AvgIpc) is 2.38. The Hall–Kier alpha value is -1.36. The van der Waals surface area contributed by atoms with E-state index in [1.165, 1.54) is 0 Å². The Kier molecular flexibility index (Phi) is 5.34. The Balaban J connectivity index is 2.96. The van der Waals surface area contributed by atoms with E-state index in [1.54, 1.807) is 0 Å². The quantitative estimate of drug-likeness (QED) is 0.513. The summed E-state index contributed by atoms with van der Waals surface area (Å²) in [6.07, 6.45) is 3.97. The zero-order valence-corrected chi connectivity index (χ0v) is 11.9. The van der Waals surface area contributed by atoms with Crippen LogP contribution in [-0.4, -0.2) is 15.5 Å². The summed E-state index contributed by atoms with van der Waals surface area (Å²) in [5, 5.41) is 3.48. The molecule has 0 amide bonds. The topological polar surface area (TPSA) is 75.9 Å². The highest BCUT2D eigenvalue weighted by Crippen LogP contribution is 2.21. The molecule has 0 atom stereocenters. The molecule has 0 saturated heterocycles. The molecule has 0 radical (unpaired) electrons. The van der Waals surface area contributed by atoms with E-state index in [-0.39, 0.29) is 5.54 Å². The molecule has 0 aromatic carbocycles. The van der Waals surface area contributed by atoms with Crippen molar-refractivity contribution in [3.8, 4) is 0 Å².